The normalized spacial score (nSPS) is 10.8. The first-order valence-corrected chi connectivity index (χ1v) is 8.90. The maximum atomic E-state index is 11.5. The topological polar surface area (TPSA) is 71.2 Å². The summed E-state index contributed by atoms with van der Waals surface area (Å²) in [7, 11) is 5.94. The number of ketones is 1. The first-order valence-electron chi connectivity index (χ1n) is 8.08. The molecule has 0 saturated heterocycles. The van der Waals surface area contributed by atoms with E-state index in [0.717, 1.165) is 27.1 Å². The highest BCUT2D eigenvalue weighted by Crippen LogP contribution is 2.30. The van der Waals surface area contributed by atoms with Gasteiger partial charge in [0, 0.05) is 42.9 Å². The number of anilines is 1. The minimum Gasteiger partial charge on any atom is -0.388 e. The lowest BCUT2D eigenvalue weighted by atomic mass is 10.1. The molecule has 0 aliphatic carbocycles. The number of benzene rings is 2. The third-order valence-corrected chi connectivity index (χ3v) is 5.03. The quantitative estimate of drug-likeness (QED) is 0.675. The summed E-state index contributed by atoms with van der Waals surface area (Å²) in [5, 5.41) is 18.3. The van der Waals surface area contributed by atoms with Gasteiger partial charge < -0.3 is 14.6 Å². The number of aromatic nitrogens is 3. The molecule has 134 valence electrons. The Labute approximate surface area is 156 Å². The van der Waals surface area contributed by atoms with Crippen molar-refractivity contribution >= 4 is 23.2 Å². The third-order valence-electron chi connectivity index (χ3n) is 3.98. The van der Waals surface area contributed by atoms with Crippen LogP contribution in [0.25, 0.3) is 11.4 Å². The minimum absolute atomic E-state index is 0.289. The summed E-state index contributed by atoms with van der Waals surface area (Å²) in [4.78, 5) is 14.5. The number of aliphatic hydroxyl groups is 1. The van der Waals surface area contributed by atoms with E-state index in [0.29, 0.717) is 5.56 Å². The predicted molar refractivity (Wildman–Crippen MR) is 103 cm³/mol. The standard InChI is InChI=1S/C19H20N4O2S/c1-22(2)15-6-4-5-14(11-15)18-20-21-19(23(18)3)26-16-9-7-13(8-10-16)17(25)12-24/h4-11,24H,12H2,1-3H3. The first kappa shape index (κ1) is 18.2. The molecule has 0 radical (unpaired) electrons. The van der Waals surface area contributed by atoms with Crippen LogP contribution in [0.5, 0.6) is 0 Å². The number of nitrogens with zero attached hydrogens (tertiary/aromatic N) is 4. The summed E-state index contributed by atoms with van der Waals surface area (Å²) in [6, 6.07) is 15.2. The highest BCUT2D eigenvalue weighted by molar-refractivity contribution is 7.99. The predicted octanol–water partition coefficient (Wildman–Crippen LogP) is 2.87. The van der Waals surface area contributed by atoms with Crippen molar-refractivity contribution in [2.45, 2.75) is 10.1 Å². The summed E-state index contributed by atoms with van der Waals surface area (Å²) in [5.41, 5.74) is 2.60. The number of aliphatic hydroxyl groups excluding tert-OH is 1. The van der Waals surface area contributed by atoms with Gasteiger partial charge in [-0.1, -0.05) is 24.3 Å². The Morgan fingerprint density at radius 1 is 1.15 bits per heavy atom. The number of carbonyl (C=O) groups is 1. The Morgan fingerprint density at radius 3 is 2.54 bits per heavy atom. The fourth-order valence-corrected chi connectivity index (χ4v) is 3.27. The van der Waals surface area contributed by atoms with Gasteiger partial charge in [0.25, 0.3) is 0 Å². The molecule has 0 aliphatic heterocycles. The smallest absolute Gasteiger partial charge is 0.196 e. The van der Waals surface area contributed by atoms with Crippen molar-refractivity contribution < 1.29 is 9.90 Å². The zero-order valence-electron chi connectivity index (χ0n) is 14.9. The average molecular weight is 368 g/mol. The lowest BCUT2D eigenvalue weighted by molar-refractivity contribution is 0.0903. The van der Waals surface area contributed by atoms with E-state index < -0.39 is 6.61 Å². The van der Waals surface area contributed by atoms with E-state index in [1.54, 1.807) is 12.1 Å². The molecule has 0 bridgehead atoms. The Balaban J connectivity index is 1.83. The van der Waals surface area contributed by atoms with E-state index >= 15 is 0 Å². The number of rotatable bonds is 6. The summed E-state index contributed by atoms with van der Waals surface area (Å²) >= 11 is 1.47. The molecule has 1 N–H and O–H groups in total. The van der Waals surface area contributed by atoms with Crippen LogP contribution in [0, 0.1) is 0 Å². The average Bonchev–Trinajstić information content (AvgIpc) is 3.02. The molecule has 7 heteroatoms. The summed E-state index contributed by atoms with van der Waals surface area (Å²) in [6.45, 7) is -0.481. The molecule has 0 fully saturated rings. The van der Waals surface area contributed by atoms with E-state index in [1.807, 2.05) is 60.9 Å². The molecular formula is C19H20N4O2S. The first-order chi connectivity index (χ1) is 12.5. The molecule has 0 amide bonds. The highest BCUT2D eigenvalue weighted by atomic mass is 32.2. The van der Waals surface area contributed by atoms with Gasteiger partial charge in [0.1, 0.15) is 6.61 Å². The largest absolute Gasteiger partial charge is 0.388 e. The van der Waals surface area contributed by atoms with Gasteiger partial charge in [-0.05, 0) is 36.0 Å². The SMILES string of the molecule is CN(C)c1cccc(-c2nnc(Sc3ccc(C(=O)CO)cc3)n2C)c1. The Bertz CT molecular complexity index is 920. The van der Waals surface area contributed by atoms with E-state index in [-0.39, 0.29) is 5.78 Å². The van der Waals surface area contributed by atoms with Gasteiger partial charge in [0.15, 0.2) is 16.8 Å². The van der Waals surface area contributed by atoms with Crippen molar-refractivity contribution in [1.29, 1.82) is 0 Å². The number of hydrogen-bond donors (Lipinski definition) is 1. The second-order valence-corrected chi connectivity index (χ2v) is 7.06. The molecule has 26 heavy (non-hydrogen) atoms. The molecule has 1 heterocycles. The zero-order valence-corrected chi connectivity index (χ0v) is 15.7. The fourth-order valence-electron chi connectivity index (χ4n) is 2.48. The minimum atomic E-state index is -0.481. The molecule has 6 nitrogen and oxygen atoms in total. The van der Waals surface area contributed by atoms with E-state index in [9.17, 15) is 4.79 Å². The molecule has 3 rings (SSSR count). The summed E-state index contributed by atoms with van der Waals surface area (Å²) in [6.07, 6.45) is 0. The second kappa shape index (κ2) is 7.72. The van der Waals surface area contributed by atoms with Crippen molar-refractivity contribution in [3.63, 3.8) is 0 Å². The van der Waals surface area contributed by atoms with E-state index in [2.05, 4.69) is 16.3 Å². The van der Waals surface area contributed by atoms with Crippen molar-refractivity contribution in [2.75, 3.05) is 25.6 Å². The van der Waals surface area contributed by atoms with Gasteiger partial charge in [-0.2, -0.15) is 0 Å². The van der Waals surface area contributed by atoms with Crippen LogP contribution >= 0.6 is 11.8 Å². The maximum Gasteiger partial charge on any atom is 0.196 e. The van der Waals surface area contributed by atoms with Crippen molar-refractivity contribution in [3.05, 3.63) is 54.1 Å². The fraction of sp³-hybridized carbons (Fsp3) is 0.211. The van der Waals surface area contributed by atoms with Crippen LogP contribution in [0.3, 0.4) is 0 Å². The Morgan fingerprint density at radius 2 is 1.88 bits per heavy atom. The van der Waals surface area contributed by atoms with Gasteiger partial charge in [0.05, 0.1) is 0 Å². The molecule has 3 aromatic rings. The van der Waals surface area contributed by atoms with Crippen LogP contribution in [0.15, 0.2) is 58.6 Å². The van der Waals surface area contributed by atoms with Crippen LogP contribution < -0.4 is 4.90 Å². The molecule has 1 aromatic heterocycles. The van der Waals surface area contributed by atoms with Crippen LogP contribution in [0.1, 0.15) is 10.4 Å². The molecule has 0 unspecified atom stereocenters. The summed E-state index contributed by atoms with van der Waals surface area (Å²) in [5.74, 6) is 0.506. The third kappa shape index (κ3) is 3.79. The van der Waals surface area contributed by atoms with Crippen molar-refractivity contribution in [3.8, 4) is 11.4 Å². The maximum absolute atomic E-state index is 11.5. The van der Waals surface area contributed by atoms with Crippen molar-refractivity contribution in [1.82, 2.24) is 14.8 Å². The molecule has 0 saturated carbocycles. The monoisotopic (exact) mass is 368 g/mol. The molecule has 0 aliphatic rings. The summed E-state index contributed by atoms with van der Waals surface area (Å²) < 4.78 is 1.95. The Hall–Kier alpha value is -2.64. The number of hydrogen-bond acceptors (Lipinski definition) is 6. The lowest BCUT2D eigenvalue weighted by Crippen LogP contribution is -2.08. The molecule has 0 atom stereocenters. The van der Waals surface area contributed by atoms with E-state index in [1.165, 1.54) is 11.8 Å². The Kier molecular flexibility index (Phi) is 5.39. The highest BCUT2D eigenvalue weighted by Gasteiger charge is 2.13. The molecular weight excluding hydrogens is 348 g/mol. The van der Waals surface area contributed by atoms with Crippen LogP contribution in [-0.2, 0) is 7.05 Å². The van der Waals surface area contributed by atoms with E-state index in [4.69, 9.17) is 5.11 Å². The molecule has 2 aromatic carbocycles. The molecule has 0 spiro atoms. The van der Waals surface area contributed by atoms with Gasteiger partial charge in [-0.25, -0.2) is 0 Å². The van der Waals surface area contributed by atoms with Crippen LogP contribution in [-0.4, -0.2) is 46.4 Å². The van der Waals surface area contributed by atoms with Gasteiger partial charge in [-0.3, -0.25) is 4.79 Å². The lowest BCUT2D eigenvalue weighted by Gasteiger charge is -2.13. The van der Waals surface area contributed by atoms with Crippen LogP contribution in [0.4, 0.5) is 5.69 Å². The van der Waals surface area contributed by atoms with Crippen molar-refractivity contribution in [2.24, 2.45) is 7.05 Å². The van der Waals surface area contributed by atoms with Crippen LogP contribution in [0.2, 0.25) is 0 Å². The zero-order chi connectivity index (χ0) is 18.7. The van der Waals surface area contributed by atoms with Gasteiger partial charge in [0.2, 0.25) is 0 Å². The second-order valence-electron chi connectivity index (χ2n) is 6.02. The number of carbonyl (C=O) groups excluding carboxylic acids is 1. The van der Waals surface area contributed by atoms with Gasteiger partial charge in [-0.15, -0.1) is 10.2 Å². The number of Topliss-reactive ketones (excluding diaryl/α,β-unsaturated/α-hetero) is 1. The van der Waals surface area contributed by atoms with Gasteiger partial charge >= 0.3 is 0 Å².